The Kier molecular flexibility index (Phi) is 8.02. The lowest BCUT2D eigenvalue weighted by Gasteiger charge is -2.31. The number of hydrazone groups is 1. The summed E-state index contributed by atoms with van der Waals surface area (Å²) in [6.45, 7) is 2.14. The van der Waals surface area contributed by atoms with Crippen molar-refractivity contribution in [1.29, 1.82) is 0 Å². The Hall–Kier alpha value is -2.16. The molecule has 0 atom stereocenters. The normalized spacial score (nSPS) is 15.4. The number of hydrogen-bond acceptors (Lipinski definition) is 8. The SMILES string of the molecule is COC(=O)CN1CCC(Nc2nc(-c3ccc(/C=N/N)cc3)cs2)CC1.Cl. The highest BCUT2D eigenvalue weighted by atomic mass is 35.5. The molecule has 0 unspecified atom stereocenters. The lowest BCUT2D eigenvalue weighted by atomic mass is 10.1. The Morgan fingerprint density at radius 1 is 1.41 bits per heavy atom. The van der Waals surface area contributed by atoms with Gasteiger partial charge in [-0.2, -0.15) is 5.10 Å². The third kappa shape index (κ3) is 5.92. The summed E-state index contributed by atoms with van der Waals surface area (Å²) < 4.78 is 4.72. The van der Waals surface area contributed by atoms with E-state index >= 15 is 0 Å². The average molecular weight is 410 g/mol. The summed E-state index contributed by atoms with van der Waals surface area (Å²) in [6, 6.07) is 8.35. The zero-order chi connectivity index (χ0) is 18.4. The molecule has 2 heterocycles. The number of anilines is 1. The molecule has 7 nitrogen and oxygen atoms in total. The number of carbonyl (C=O) groups is 1. The van der Waals surface area contributed by atoms with Gasteiger partial charge in [-0.1, -0.05) is 24.3 Å². The maximum absolute atomic E-state index is 11.3. The minimum Gasteiger partial charge on any atom is -0.468 e. The number of hydrogen-bond donors (Lipinski definition) is 2. The number of nitrogens with one attached hydrogen (secondary N) is 1. The van der Waals surface area contributed by atoms with Crippen molar-refractivity contribution in [1.82, 2.24) is 9.88 Å². The van der Waals surface area contributed by atoms with Crippen LogP contribution >= 0.6 is 23.7 Å². The van der Waals surface area contributed by atoms with Gasteiger partial charge in [0.25, 0.3) is 0 Å². The smallest absolute Gasteiger partial charge is 0.319 e. The first-order valence-electron chi connectivity index (χ1n) is 8.53. The standard InChI is InChI=1S/C18H23N5O2S.ClH/c1-25-17(24)11-23-8-6-15(7-9-23)21-18-22-16(12-26-18)14-4-2-13(3-5-14)10-20-19;/h2-5,10,12,15H,6-9,11,19H2,1H3,(H,21,22);1H/b20-10+;. The van der Waals surface area contributed by atoms with E-state index in [1.54, 1.807) is 17.6 Å². The maximum Gasteiger partial charge on any atom is 0.319 e. The van der Waals surface area contributed by atoms with E-state index in [4.69, 9.17) is 15.6 Å². The van der Waals surface area contributed by atoms with Crippen molar-refractivity contribution in [3.63, 3.8) is 0 Å². The first kappa shape index (κ1) is 21.1. The van der Waals surface area contributed by atoms with Crippen LogP contribution in [0.3, 0.4) is 0 Å². The number of likely N-dealkylation sites (tertiary alicyclic amines) is 1. The molecule has 27 heavy (non-hydrogen) atoms. The molecule has 9 heteroatoms. The van der Waals surface area contributed by atoms with Crippen molar-refractivity contribution in [3.05, 3.63) is 35.2 Å². The van der Waals surface area contributed by atoms with Crippen molar-refractivity contribution in [2.24, 2.45) is 10.9 Å². The van der Waals surface area contributed by atoms with Gasteiger partial charge in [-0.3, -0.25) is 9.69 Å². The Bertz CT molecular complexity index is 757. The molecular weight excluding hydrogens is 386 g/mol. The van der Waals surface area contributed by atoms with Crippen LogP contribution in [-0.2, 0) is 9.53 Å². The number of esters is 1. The van der Waals surface area contributed by atoms with Crippen LogP contribution in [-0.4, -0.2) is 54.9 Å². The zero-order valence-corrected chi connectivity index (χ0v) is 16.8. The summed E-state index contributed by atoms with van der Waals surface area (Å²) in [5, 5.41) is 10.0. The fourth-order valence-corrected chi connectivity index (χ4v) is 3.75. The summed E-state index contributed by atoms with van der Waals surface area (Å²) in [7, 11) is 1.43. The van der Waals surface area contributed by atoms with Crippen LogP contribution in [0.25, 0.3) is 11.3 Å². The lowest BCUT2D eigenvalue weighted by molar-refractivity contribution is -0.142. The second kappa shape index (κ2) is 10.2. The Morgan fingerprint density at radius 3 is 2.74 bits per heavy atom. The van der Waals surface area contributed by atoms with E-state index in [9.17, 15) is 4.79 Å². The van der Waals surface area contributed by atoms with Crippen LogP contribution in [0, 0.1) is 0 Å². The van der Waals surface area contributed by atoms with Crippen molar-refractivity contribution in [2.45, 2.75) is 18.9 Å². The number of aromatic nitrogens is 1. The van der Waals surface area contributed by atoms with E-state index in [1.165, 1.54) is 7.11 Å². The van der Waals surface area contributed by atoms with Gasteiger partial charge in [0.1, 0.15) is 0 Å². The van der Waals surface area contributed by atoms with Gasteiger partial charge in [-0.05, 0) is 18.4 Å². The largest absolute Gasteiger partial charge is 0.468 e. The number of benzene rings is 1. The minimum atomic E-state index is -0.176. The molecule has 1 aromatic carbocycles. The second-order valence-corrected chi connectivity index (χ2v) is 7.07. The van der Waals surface area contributed by atoms with E-state index < -0.39 is 0 Å². The van der Waals surface area contributed by atoms with Crippen molar-refractivity contribution in [2.75, 3.05) is 32.1 Å². The fraction of sp³-hybridized carbons (Fsp3) is 0.389. The van der Waals surface area contributed by atoms with E-state index in [1.807, 2.05) is 24.3 Å². The first-order chi connectivity index (χ1) is 12.7. The molecule has 3 N–H and O–H groups in total. The predicted molar refractivity (Wildman–Crippen MR) is 112 cm³/mol. The molecule has 0 amide bonds. The highest BCUT2D eigenvalue weighted by Gasteiger charge is 2.21. The number of halogens is 1. The average Bonchev–Trinajstić information content (AvgIpc) is 3.12. The maximum atomic E-state index is 11.3. The van der Waals surface area contributed by atoms with Crippen LogP contribution in [0.4, 0.5) is 5.13 Å². The Balaban J connectivity index is 0.00000261. The number of nitrogens with zero attached hydrogens (tertiary/aromatic N) is 3. The van der Waals surface area contributed by atoms with Gasteiger partial charge in [0.2, 0.25) is 0 Å². The molecule has 0 saturated carbocycles. The van der Waals surface area contributed by atoms with E-state index in [2.05, 4.69) is 20.7 Å². The van der Waals surface area contributed by atoms with Crippen molar-refractivity contribution >= 4 is 41.1 Å². The Labute approximate surface area is 169 Å². The molecule has 0 aliphatic carbocycles. The number of thiazole rings is 1. The number of piperidine rings is 1. The molecule has 0 radical (unpaired) electrons. The second-order valence-electron chi connectivity index (χ2n) is 6.21. The number of carbonyl (C=O) groups excluding carboxylic acids is 1. The van der Waals surface area contributed by atoms with Gasteiger partial charge >= 0.3 is 5.97 Å². The van der Waals surface area contributed by atoms with Gasteiger partial charge in [0.05, 0.1) is 25.6 Å². The number of nitrogens with two attached hydrogens (primary N) is 1. The summed E-state index contributed by atoms with van der Waals surface area (Å²) in [6.07, 6.45) is 3.59. The van der Waals surface area contributed by atoms with E-state index in [0.29, 0.717) is 12.6 Å². The molecule has 1 aliphatic rings. The van der Waals surface area contributed by atoms with Crippen LogP contribution in [0.15, 0.2) is 34.7 Å². The molecule has 1 saturated heterocycles. The van der Waals surface area contributed by atoms with E-state index in [0.717, 1.165) is 47.9 Å². The van der Waals surface area contributed by atoms with Gasteiger partial charge in [0.15, 0.2) is 5.13 Å². The van der Waals surface area contributed by atoms with Crippen LogP contribution in [0.1, 0.15) is 18.4 Å². The third-order valence-corrected chi connectivity index (χ3v) is 5.20. The molecule has 146 valence electrons. The van der Waals surface area contributed by atoms with Gasteiger partial charge < -0.3 is 15.9 Å². The minimum absolute atomic E-state index is 0. The topological polar surface area (TPSA) is 92.8 Å². The van der Waals surface area contributed by atoms with Gasteiger partial charge in [0, 0.05) is 30.1 Å². The summed E-state index contributed by atoms with van der Waals surface area (Å²) in [5.74, 6) is 4.99. The molecule has 1 aromatic heterocycles. The molecular formula is C18H24ClN5O2S. The Morgan fingerprint density at radius 2 is 2.11 bits per heavy atom. The predicted octanol–water partition coefficient (Wildman–Crippen LogP) is 2.57. The fourth-order valence-electron chi connectivity index (χ4n) is 2.96. The summed E-state index contributed by atoms with van der Waals surface area (Å²) in [5.41, 5.74) is 2.98. The highest BCUT2D eigenvalue weighted by molar-refractivity contribution is 7.14. The lowest BCUT2D eigenvalue weighted by Crippen LogP contribution is -2.41. The molecule has 1 aliphatic heterocycles. The third-order valence-electron chi connectivity index (χ3n) is 4.43. The number of rotatable bonds is 6. The van der Waals surface area contributed by atoms with Gasteiger partial charge in [-0.15, -0.1) is 23.7 Å². The molecule has 0 bridgehead atoms. The number of ether oxygens (including phenoxy) is 1. The van der Waals surface area contributed by atoms with Crippen molar-refractivity contribution in [3.8, 4) is 11.3 Å². The molecule has 2 aromatic rings. The summed E-state index contributed by atoms with van der Waals surface area (Å²) >= 11 is 1.61. The first-order valence-corrected chi connectivity index (χ1v) is 9.41. The summed E-state index contributed by atoms with van der Waals surface area (Å²) in [4.78, 5) is 18.2. The van der Waals surface area contributed by atoms with Crippen molar-refractivity contribution < 1.29 is 9.53 Å². The van der Waals surface area contributed by atoms with Gasteiger partial charge in [-0.25, -0.2) is 4.98 Å². The molecule has 1 fully saturated rings. The van der Waals surface area contributed by atoms with E-state index in [-0.39, 0.29) is 18.4 Å². The number of methoxy groups -OCH3 is 1. The van der Waals surface area contributed by atoms with Crippen LogP contribution in [0.2, 0.25) is 0 Å². The zero-order valence-electron chi connectivity index (χ0n) is 15.1. The van der Waals surface area contributed by atoms with Crippen LogP contribution < -0.4 is 11.2 Å². The monoisotopic (exact) mass is 409 g/mol. The van der Waals surface area contributed by atoms with Crippen LogP contribution in [0.5, 0.6) is 0 Å². The highest BCUT2D eigenvalue weighted by Crippen LogP contribution is 2.26. The molecule has 0 spiro atoms. The quantitative estimate of drug-likeness (QED) is 0.329. The molecule has 3 rings (SSSR count).